The second kappa shape index (κ2) is 7.04. The maximum absolute atomic E-state index is 14.0. The van der Waals surface area contributed by atoms with Crippen LogP contribution in [0.2, 0.25) is 0 Å². The normalized spacial score (nSPS) is 10.5. The summed E-state index contributed by atoms with van der Waals surface area (Å²) in [7, 11) is 0. The maximum Gasteiger partial charge on any atom is 0.221 e. The lowest BCUT2D eigenvalue weighted by Crippen LogP contribution is -2.14. The zero-order chi connectivity index (χ0) is 16.9. The zero-order valence-corrected chi connectivity index (χ0v) is 13.1. The molecule has 3 rings (SSSR count). The molecule has 0 aliphatic heterocycles. The number of halogens is 1. The van der Waals surface area contributed by atoms with Gasteiger partial charge in [0.2, 0.25) is 5.91 Å². The summed E-state index contributed by atoms with van der Waals surface area (Å²) in [6.45, 7) is 0. The van der Waals surface area contributed by atoms with Crippen LogP contribution >= 0.6 is 0 Å². The van der Waals surface area contributed by atoms with Crippen LogP contribution in [0.4, 0.5) is 4.39 Å². The van der Waals surface area contributed by atoms with E-state index in [1.807, 2.05) is 36.4 Å². The molecule has 0 aliphatic carbocycles. The predicted molar refractivity (Wildman–Crippen MR) is 91.8 cm³/mol. The lowest BCUT2D eigenvalue weighted by atomic mass is 9.97. The van der Waals surface area contributed by atoms with E-state index < -0.39 is 5.91 Å². The smallest absolute Gasteiger partial charge is 0.221 e. The average molecular weight is 320 g/mol. The fourth-order valence-corrected chi connectivity index (χ4v) is 2.70. The zero-order valence-electron chi connectivity index (χ0n) is 13.1. The Bertz CT molecular complexity index is 863. The van der Waals surface area contributed by atoms with Crippen LogP contribution in [-0.2, 0) is 17.6 Å². The van der Waals surface area contributed by atoms with Crippen molar-refractivity contribution in [2.45, 2.75) is 12.8 Å². The van der Waals surface area contributed by atoms with Crippen LogP contribution in [0.15, 0.2) is 66.9 Å². The van der Waals surface area contributed by atoms with Gasteiger partial charge in [-0.25, -0.2) is 4.39 Å². The minimum absolute atomic E-state index is 0.117. The van der Waals surface area contributed by atoms with E-state index in [2.05, 4.69) is 4.98 Å². The van der Waals surface area contributed by atoms with E-state index in [9.17, 15) is 9.18 Å². The van der Waals surface area contributed by atoms with Crippen LogP contribution in [0.25, 0.3) is 11.3 Å². The SMILES string of the molecule is NC(=O)Cc1cnc(-c2ccccc2)c(Cc2ccccc2F)c1. The number of nitrogens with two attached hydrogens (primary N) is 1. The van der Waals surface area contributed by atoms with E-state index in [1.165, 1.54) is 6.07 Å². The lowest BCUT2D eigenvalue weighted by molar-refractivity contribution is -0.117. The summed E-state index contributed by atoms with van der Waals surface area (Å²) in [5, 5.41) is 0. The van der Waals surface area contributed by atoms with E-state index in [0.29, 0.717) is 12.0 Å². The van der Waals surface area contributed by atoms with Crippen LogP contribution in [-0.4, -0.2) is 10.9 Å². The summed E-state index contributed by atoms with van der Waals surface area (Å²) in [6.07, 6.45) is 2.17. The Morgan fingerprint density at radius 1 is 1.00 bits per heavy atom. The van der Waals surface area contributed by atoms with E-state index in [0.717, 1.165) is 22.4 Å². The second-order valence-electron chi connectivity index (χ2n) is 5.63. The molecule has 0 saturated heterocycles. The van der Waals surface area contributed by atoms with Crippen molar-refractivity contribution in [3.8, 4) is 11.3 Å². The molecule has 3 nitrogen and oxygen atoms in total. The van der Waals surface area contributed by atoms with Crippen molar-refractivity contribution in [2.24, 2.45) is 5.73 Å². The van der Waals surface area contributed by atoms with E-state index in [1.54, 1.807) is 24.4 Å². The van der Waals surface area contributed by atoms with Gasteiger partial charge >= 0.3 is 0 Å². The summed E-state index contributed by atoms with van der Waals surface area (Å²) in [4.78, 5) is 15.7. The first kappa shape index (κ1) is 15.9. The monoisotopic (exact) mass is 320 g/mol. The van der Waals surface area contributed by atoms with Crippen molar-refractivity contribution < 1.29 is 9.18 Å². The van der Waals surface area contributed by atoms with Gasteiger partial charge < -0.3 is 5.73 Å². The minimum atomic E-state index is -0.416. The first-order valence-electron chi connectivity index (χ1n) is 7.68. The highest BCUT2D eigenvalue weighted by Gasteiger charge is 2.12. The fourth-order valence-electron chi connectivity index (χ4n) is 2.70. The molecule has 2 N–H and O–H groups in total. The molecule has 1 amide bonds. The molecule has 4 heteroatoms. The van der Waals surface area contributed by atoms with Crippen LogP contribution < -0.4 is 5.73 Å². The highest BCUT2D eigenvalue weighted by atomic mass is 19.1. The van der Waals surface area contributed by atoms with Crippen LogP contribution in [0, 0.1) is 5.82 Å². The van der Waals surface area contributed by atoms with Gasteiger partial charge in [-0.3, -0.25) is 9.78 Å². The molecule has 0 saturated carbocycles. The third kappa shape index (κ3) is 3.66. The molecule has 120 valence electrons. The number of aromatic nitrogens is 1. The van der Waals surface area contributed by atoms with Gasteiger partial charge in [-0.1, -0.05) is 54.6 Å². The fraction of sp³-hybridized carbons (Fsp3) is 0.100. The first-order chi connectivity index (χ1) is 11.6. The van der Waals surface area contributed by atoms with Crippen molar-refractivity contribution in [3.63, 3.8) is 0 Å². The van der Waals surface area contributed by atoms with Crippen molar-refractivity contribution in [1.82, 2.24) is 4.98 Å². The maximum atomic E-state index is 14.0. The Kier molecular flexibility index (Phi) is 4.66. The van der Waals surface area contributed by atoms with Crippen LogP contribution in [0.3, 0.4) is 0 Å². The molecule has 0 fully saturated rings. The Balaban J connectivity index is 2.05. The summed E-state index contributed by atoms with van der Waals surface area (Å²) in [6, 6.07) is 18.3. The number of hydrogen-bond donors (Lipinski definition) is 1. The topological polar surface area (TPSA) is 56.0 Å². The average Bonchev–Trinajstić information content (AvgIpc) is 2.57. The Morgan fingerprint density at radius 2 is 1.71 bits per heavy atom. The van der Waals surface area contributed by atoms with Gasteiger partial charge in [0.15, 0.2) is 0 Å². The van der Waals surface area contributed by atoms with Crippen LogP contribution in [0.5, 0.6) is 0 Å². The van der Waals surface area contributed by atoms with Gasteiger partial charge in [-0.15, -0.1) is 0 Å². The number of hydrogen-bond acceptors (Lipinski definition) is 2. The number of amides is 1. The number of pyridine rings is 1. The number of nitrogens with zero attached hydrogens (tertiary/aromatic N) is 1. The molecule has 1 heterocycles. The number of primary amides is 1. The van der Waals surface area contributed by atoms with Gasteiger partial charge in [0.25, 0.3) is 0 Å². The quantitative estimate of drug-likeness (QED) is 0.782. The highest BCUT2D eigenvalue weighted by Crippen LogP contribution is 2.25. The highest BCUT2D eigenvalue weighted by molar-refractivity contribution is 5.77. The standard InChI is InChI=1S/C20H17FN2O/c21-18-9-5-4-8-16(18)12-17-10-14(11-19(22)24)13-23-20(17)15-6-2-1-3-7-15/h1-10,13H,11-12H2,(H2,22,24). The van der Waals surface area contributed by atoms with E-state index >= 15 is 0 Å². The van der Waals surface area contributed by atoms with Crippen molar-refractivity contribution >= 4 is 5.91 Å². The molecule has 0 atom stereocenters. The number of carbonyl (C=O) groups is 1. The number of carbonyl (C=O) groups excluding carboxylic acids is 1. The van der Waals surface area contributed by atoms with Crippen LogP contribution in [0.1, 0.15) is 16.7 Å². The largest absolute Gasteiger partial charge is 0.369 e. The lowest BCUT2D eigenvalue weighted by Gasteiger charge is -2.11. The molecule has 1 aromatic heterocycles. The third-order valence-corrected chi connectivity index (χ3v) is 3.79. The number of rotatable bonds is 5. The Hall–Kier alpha value is -3.01. The summed E-state index contributed by atoms with van der Waals surface area (Å²) in [5.41, 5.74) is 9.20. The van der Waals surface area contributed by atoms with Gasteiger partial charge in [-0.2, -0.15) is 0 Å². The first-order valence-corrected chi connectivity index (χ1v) is 7.68. The minimum Gasteiger partial charge on any atom is -0.369 e. The van der Waals surface area contributed by atoms with Gasteiger partial charge in [0.05, 0.1) is 12.1 Å². The summed E-state index contributed by atoms with van der Waals surface area (Å²) in [5.74, 6) is -0.669. The van der Waals surface area contributed by atoms with Gasteiger partial charge in [-0.05, 0) is 22.8 Å². The molecule has 0 radical (unpaired) electrons. The second-order valence-corrected chi connectivity index (χ2v) is 5.63. The molecule has 24 heavy (non-hydrogen) atoms. The molecular formula is C20H17FN2O. The van der Waals surface area contributed by atoms with Gasteiger partial charge in [0.1, 0.15) is 5.82 Å². The van der Waals surface area contributed by atoms with Gasteiger partial charge in [0, 0.05) is 18.2 Å². The Labute approximate surface area is 140 Å². The summed E-state index contributed by atoms with van der Waals surface area (Å²) >= 11 is 0. The molecule has 3 aromatic rings. The third-order valence-electron chi connectivity index (χ3n) is 3.79. The molecule has 0 bridgehead atoms. The molecule has 0 spiro atoms. The molecule has 0 aliphatic rings. The number of benzene rings is 2. The molecule has 0 unspecified atom stereocenters. The van der Waals surface area contributed by atoms with Crippen molar-refractivity contribution in [1.29, 1.82) is 0 Å². The van der Waals surface area contributed by atoms with E-state index in [4.69, 9.17) is 5.73 Å². The van der Waals surface area contributed by atoms with Crippen molar-refractivity contribution in [3.05, 3.63) is 89.4 Å². The molecule has 2 aromatic carbocycles. The van der Waals surface area contributed by atoms with E-state index in [-0.39, 0.29) is 12.2 Å². The Morgan fingerprint density at radius 3 is 2.42 bits per heavy atom. The molecular weight excluding hydrogens is 303 g/mol. The predicted octanol–water partition coefficient (Wildman–Crippen LogP) is 3.51. The van der Waals surface area contributed by atoms with Crippen molar-refractivity contribution in [2.75, 3.05) is 0 Å². The summed E-state index contributed by atoms with van der Waals surface area (Å²) < 4.78 is 14.0.